The van der Waals surface area contributed by atoms with Crippen molar-refractivity contribution >= 4 is 23.1 Å². The maximum absolute atomic E-state index is 12.8. The summed E-state index contributed by atoms with van der Waals surface area (Å²) in [5.74, 6) is 6.57. The Kier molecular flexibility index (Phi) is 7.14. The number of carbonyl (C=O) groups is 1. The fourth-order valence-electron chi connectivity index (χ4n) is 3.84. The quantitative estimate of drug-likeness (QED) is 0.334. The minimum atomic E-state index is -0.309. The van der Waals surface area contributed by atoms with Gasteiger partial charge in [-0.3, -0.25) is 9.36 Å². The molecule has 2 aromatic carbocycles. The van der Waals surface area contributed by atoms with Crippen LogP contribution in [0.5, 0.6) is 0 Å². The molecule has 0 aliphatic carbocycles. The van der Waals surface area contributed by atoms with Crippen molar-refractivity contribution in [1.29, 1.82) is 0 Å². The molecule has 2 heterocycles. The zero-order chi connectivity index (χ0) is 22.3. The second-order valence-electron chi connectivity index (χ2n) is 8.21. The molecule has 0 saturated carbocycles. The zero-order valence-electron chi connectivity index (χ0n) is 18.3. The van der Waals surface area contributed by atoms with Crippen LogP contribution < -0.4 is 5.32 Å². The number of aromatic nitrogens is 2. The standard InChI is InChI=1S/C27H27N3OS/c1-2-3-4-5-20-6-8-21(9-7-20)10-11-22-12-14-23(15-13-22)16-26(31)25-17-24-18-28-19-30(24)27(32)29-25/h6-9,12-15,18-19,25H,2-5,16-17H2,1H3,(H,29,32)/t25-/m0/s1. The van der Waals surface area contributed by atoms with E-state index < -0.39 is 0 Å². The number of hydrogen-bond donors (Lipinski definition) is 1. The molecule has 0 spiro atoms. The summed E-state index contributed by atoms with van der Waals surface area (Å²) in [6, 6.07) is 16.1. The Labute approximate surface area is 195 Å². The highest BCUT2D eigenvalue weighted by molar-refractivity contribution is 7.80. The van der Waals surface area contributed by atoms with Gasteiger partial charge in [0, 0.05) is 35.9 Å². The SMILES string of the molecule is CCCCCc1ccc(C#Cc2ccc(CC(=O)[C@@H]3Cc4cncn4C(=S)N3)cc2)cc1. The number of nitrogens with zero attached hydrogens (tertiary/aromatic N) is 2. The fraction of sp³-hybridized carbons (Fsp3) is 0.296. The Morgan fingerprint density at radius 1 is 1.06 bits per heavy atom. The van der Waals surface area contributed by atoms with Crippen molar-refractivity contribution < 1.29 is 4.79 Å². The lowest BCUT2D eigenvalue weighted by atomic mass is 9.98. The molecular formula is C27H27N3OS. The highest BCUT2D eigenvalue weighted by Crippen LogP contribution is 2.13. The largest absolute Gasteiger partial charge is 0.352 e. The van der Waals surface area contributed by atoms with Crippen molar-refractivity contribution in [3.63, 3.8) is 0 Å². The van der Waals surface area contributed by atoms with Gasteiger partial charge in [-0.2, -0.15) is 0 Å². The van der Waals surface area contributed by atoms with E-state index in [4.69, 9.17) is 12.2 Å². The van der Waals surface area contributed by atoms with Gasteiger partial charge in [-0.05, 0) is 60.5 Å². The maximum atomic E-state index is 12.8. The van der Waals surface area contributed by atoms with Gasteiger partial charge in [-0.1, -0.05) is 55.9 Å². The van der Waals surface area contributed by atoms with Gasteiger partial charge < -0.3 is 5.32 Å². The van der Waals surface area contributed by atoms with Crippen LogP contribution in [0.3, 0.4) is 0 Å². The van der Waals surface area contributed by atoms with Crippen LogP contribution in [0.2, 0.25) is 0 Å². The van der Waals surface area contributed by atoms with Crippen molar-refractivity contribution in [1.82, 2.24) is 14.9 Å². The number of carbonyl (C=O) groups excluding carboxylic acids is 1. The molecule has 4 rings (SSSR count). The molecule has 5 heteroatoms. The molecule has 0 unspecified atom stereocenters. The molecule has 32 heavy (non-hydrogen) atoms. The van der Waals surface area contributed by atoms with E-state index in [2.05, 4.69) is 53.3 Å². The first-order chi connectivity index (χ1) is 15.6. The number of hydrogen-bond acceptors (Lipinski definition) is 3. The first kappa shape index (κ1) is 22.0. The Morgan fingerprint density at radius 3 is 2.38 bits per heavy atom. The highest BCUT2D eigenvalue weighted by Gasteiger charge is 2.26. The third-order valence-electron chi connectivity index (χ3n) is 5.74. The molecule has 1 aliphatic rings. The van der Waals surface area contributed by atoms with E-state index in [9.17, 15) is 4.79 Å². The van der Waals surface area contributed by atoms with Crippen molar-refractivity contribution in [2.24, 2.45) is 0 Å². The highest BCUT2D eigenvalue weighted by atomic mass is 32.1. The van der Waals surface area contributed by atoms with E-state index in [1.54, 1.807) is 12.5 Å². The average molecular weight is 442 g/mol. The molecular weight excluding hydrogens is 414 g/mol. The van der Waals surface area contributed by atoms with Crippen LogP contribution in [0.25, 0.3) is 0 Å². The Morgan fingerprint density at radius 2 is 1.72 bits per heavy atom. The molecule has 1 N–H and O–H groups in total. The van der Waals surface area contributed by atoms with E-state index in [1.807, 2.05) is 28.8 Å². The third-order valence-corrected chi connectivity index (χ3v) is 6.05. The number of imidazole rings is 1. The van der Waals surface area contributed by atoms with Crippen LogP contribution in [-0.4, -0.2) is 26.5 Å². The summed E-state index contributed by atoms with van der Waals surface area (Å²) in [5, 5.41) is 3.66. The first-order valence-corrected chi connectivity index (χ1v) is 11.6. The fourth-order valence-corrected chi connectivity index (χ4v) is 4.14. The van der Waals surface area contributed by atoms with Gasteiger partial charge >= 0.3 is 0 Å². The molecule has 1 aliphatic heterocycles. The van der Waals surface area contributed by atoms with E-state index in [0.29, 0.717) is 18.0 Å². The predicted molar refractivity (Wildman–Crippen MR) is 132 cm³/mol. The van der Waals surface area contributed by atoms with Gasteiger partial charge in [0.15, 0.2) is 10.9 Å². The van der Waals surface area contributed by atoms with Gasteiger partial charge in [-0.15, -0.1) is 0 Å². The van der Waals surface area contributed by atoms with E-state index in [-0.39, 0.29) is 11.8 Å². The lowest BCUT2D eigenvalue weighted by molar-refractivity contribution is -0.120. The van der Waals surface area contributed by atoms with Gasteiger partial charge in [0.2, 0.25) is 0 Å². The topological polar surface area (TPSA) is 46.9 Å². The molecule has 0 radical (unpaired) electrons. The first-order valence-electron chi connectivity index (χ1n) is 11.2. The third kappa shape index (κ3) is 5.52. The number of benzene rings is 2. The Balaban J connectivity index is 1.33. The van der Waals surface area contributed by atoms with Crippen LogP contribution in [0.4, 0.5) is 0 Å². The summed E-state index contributed by atoms with van der Waals surface area (Å²) in [6.45, 7) is 2.23. The number of aryl methyl sites for hydroxylation is 1. The van der Waals surface area contributed by atoms with E-state index in [0.717, 1.165) is 28.8 Å². The van der Waals surface area contributed by atoms with Crippen molar-refractivity contribution in [2.45, 2.75) is 51.5 Å². The van der Waals surface area contributed by atoms with Crippen LogP contribution in [0.15, 0.2) is 61.1 Å². The average Bonchev–Trinajstić information content (AvgIpc) is 3.29. The Hall–Kier alpha value is -3.23. The predicted octanol–water partition coefficient (Wildman–Crippen LogP) is 4.47. The van der Waals surface area contributed by atoms with Crippen molar-refractivity contribution in [2.75, 3.05) is 0 Å². The van der Waals surface area contributed by atoms with Gasteiger partial charge in [0.1, 0.15) is 6.33 Å². The number of fused-ring (bicyclic) bond motifs is 1. The number of thiocarbonyl (C=S) groups is 1. The van der Waals surface area contributed by atoms with E-state index >= 15 is 0 Å². The number of ketones is 1. The van der Waals surface area contributed by atoms with E-state index in [1.165, 1.54) is 24.8 Å². The molecule has 3 aromatic rings. The molecule has 1 aromatic heterocycles. The van der Waals surface area contributed by atoms with Gasteiger partial charge in [0.25, 0.3) is 0 Å². The lowest BCUT2D eigenvalue weighted by Crippen LogP contribution is -2.49. The smallest absolute Gasteiger partial charge is 0.179 e. The summed E-state index contributed by atoms with van der Waals surface area (Å²) >= 11 is 5.34. The molecule has 162 valence electrons. The number of unbranched alkanes of at least 4 members (excludes halogenated alkanes) is 2. The minimum absolute atomic E-state index is 0.123. The second kappa shape index (κ2) is 10.4. The van der Waals surface area contributed by atoms with Gasteiger partial charge in [0.05, 0.1) is 6.04 Å². The molecule has 1 atom stereocenters. The van der Waals surface area contributed by atoms with Crippen LogP contribution in [-0.2, 0) is 24.1 Å². The summed E-state index contributed by atoms with van der Waals surface area (Å²) in [7, 11) is 0. The summed E-state index contributed by atoms with van der Waals surface area (Å²) in [4.78, 5) is 16.9. The molecule has 0 amide bonds. The van der Waals surface area contributed by atoms with Crippen LogP contribution in [0, 0.1) is 11.8 Å². The minimum Gasteiger partial charge on any atom is -0.352 e. The van der Waals surface area contributed by atoms with Crippen molar-refractivity contribution in [3.8, 4) is 11.8 Å². The molecule has 4 nitrogen and oxygen atoms in total. The van der Waals surface area contributed by atoms with Crippen molar-refractivity contribution in [3.05, 3.63) is 89.0 Å². The second-order valence-corrected chi connectivity index (χ2v) is 8.59. The molecule has 0 saturated heterocycles. The Bertz CT molecular complexity index is 1150. The summed E-state index contributed by atoms with van der Waals surface area (Å²) < 4.78 is 1.81. The summed E-state index contributed by atoms with van der Waals surface area (Å²) in [6.07, 6.45) is 9.29. The normalized spacial score (nSPS) is 14.8. The molecule has 0 fully saturated rings. The maximum Gasteiger partial charge on any atom is 0.179 e. The monoisotopic (exact) mass is 441 g/mol. The number of nitrogens with one attached hydrogen (secondary N) is 1. The zero-order valence-corrected chi connectivity index (χ0v) is 19.1. The summed E-state index contributed by atoms with van der Waals surface area (Å²) in [5.41, 5.74) is 5.27. The molecule has 0 bridgehead atoms. The van der Waals surface area contributed by atoms with Crippen LogP contribution in [0.1, 0.15) is 54.1 Å². The number of Topliss-reactive ketones (excluding diaryl/α,β-unsaturated/α-hetero) is 1. The lowest BCUT2D eigenvalue weighted by Gasteiger charge is -2.25. The van der Waals surface area contributed by atoms with Crippen LogP contribution >= 0.6 is 12.2 Å². The number of rotatable bonds is 7. The van der Waals surface area contributed by atoms with Gasteiger partial charge in [-0.25, -0.2) is 4.98 Å².